The van der Waals surface area contributed by atoms with E-state index >= 15 is 0 Å². The van der Waals surface area contributed by atoms with Crippen LogP contribution in [0.5, 0.6) is 5.75 Å². The molecule has 114 valence electrons. The molecule has 1 aromatic carbocycles. The van der Waals surface area contributed by atoms with E-state index in [0.29, 0.717) is 23.4 Å². The number of carbonyl (C=O) groups is 1. The number of para-hydroxylation sites is 1. The van der Waals surface area contributed by atoms with Crippen molar-refractivity contribution in [2.45, 2.75) is 42.6 Å². The molecule has 4 heteroatoms. The van der Waals surface area contributed by atoms with Crippen molar-refractivity contribution in [2.75, 3.05) is 18.1 Å². The summed E-state index contributed by atoms with van der Waals surface area (Å²) in [5, 5.41) is 0.704. The molecule has 3 unspecified atom stereocenters. The van der Waals surface area contributed by atoms with Gasteiger partial charge in [0, 0.05) is 23.2 Å². The maximum absolute atomic E-state index is 12.8. The quantitative estimate of drug-likeness (QED) is 0.832. The SMILES string of the molecule is CCC1SCCSC1C(=O)CC1CCOc2ccccc21. The summed E-state index contributed by atoms with van der Waals surface area (Å²) < 4.78 is 5.70. The predicted octanol–water partition coefficient (Wildman–Crippen LogP) is 4.14. The van der Waals surface area contributed by atoms with E-state index < -0.39 is 0 Å². The Morgan fingerprint density at radius 2 is 2.10 bits per heavy atom. The summed E-state index contributed by atoms with van der Waals surface area (Å²) in [5.41, 5.74) is 1.22. The van der Waals surface area contributed by atoms with Crippen molar-refractivity contribution < 1.29 is 9.53 Å². The molecule has 0 bridgehead atoms. The molecule has 0 saturated carbocycles. The molecule has 1 fully saturated rings. The lowest BCUT2D eigenvalue weighted by Gasteiger charge is -2.31. The van der Waals surface area contributed by atoms with Crippen molar-refractivity contribution in [3.05, 3.63) is 29.8 Å². The first-order valence-electron chi connectivity index (χ1n) is 7.77. The van der Waals surface area contributed by atoms with Gasteiger partial charge < -0.3 is 4.74 Å². The summed E-state index contributed by atoms with van der Waals surface area (Å²) in [4.78, 5) is 12.8. The second kappa shape index (κ2) is 7.10. The first-order chi connectivity index (χ1) is 10.3. The van der Waals surface area contributed by atoms with Gasteiger partial charge in [0.15, 0.2) is 0 Å². The minimum Gasteiger partial charge on any atom is -0.493 e. The van der Waals surface area contributed by atoms with Crippen LogP contribution in [0.15, 0.2) is 24.3 Å². The zero-order chi connectivity index (χ0) is 14.7. The lowest BCUT2D eigenvalue weighted by molar-refractivity contribution is -0.119. The molecule has 3 atom stereocenters. The number of Topliss-reactive ketones (excluding diaryl/α,β-unsaturated/α-hetero) is 1. The summed E-state index contributed by atoms with van der Waals surface area (Å²) in [7, 11) is 0. The highest BCUT2D eigenvalue weighted by molar-refractivity contribution is 8.07. The molecule has 1 aromatic rings. The van der Waals surface area contributed by atoms with Gasteiger partial charge in [-0.1, -0.05) is 25.1 Å². The predicted molar refractivity (Wildman–Crippen MR) is 91.7 cm³/mol. The fourth-order valence-electron chi connectivity index (χ4n) is 3.19. The Kier molecular flexibility index (Phi) is 5.17. The van der Waals surface area contributed by atoms with Crippen LogP contribution < -0.4 is 4.74 Å². The lowest BCUT2D eigenvalue weighted by atomic mass is 9.87. The van der Waals surface area contributed by atoms with Gasteiger partial charge in [0.05, 0.1) is 11.9 Å². The molecule has 2 heterocycles. The third-order valence-electron chi connectivity index (χ3n) is 4.30. The Labute approximate surface area is 135 Å². The van der Waals surface area contributed by atoms with Crippen LogP contribution in [0.3, 0.4) is 0 Å². The average molecular weight is 322 g/mol. The number of fused-ring (bicyclic) bond motifs is 1. The van der Waals surface area contributed by atoms with Gasteiger partial charge in [-0.3, -0.25) is 4.79 Å². The van der Waals surface area contributed by atoms with E-state index in [1.54, 1.807) is 0 Å². The van der Waals surface area contributed by atoms with Gasteiger partial charge in [-0.25, -0.2) is 0 Å². The maximum Gasteiger partial charge on any atom is 0.147 e. The largest absolute Gasteiger partial charge is 0.493 e. The van der Waals surface area contributed by atoms with Crippen molar-refractivity contribution in [3.8, 4) is 5.75 Å². The van der Waals surface area contributed by atoms with Gasteiger partial charge in [-0.05, 0) is 30.4 Å². The van der Waals surface area contributed by atoms with Crippen LogP contribution in [-0.2, 0) is 4.79 Å². The highest BCUT2D eigenvalue weighted by Crippen LogP contribution is 2.39. The van der Waals surface area contributed by atoms with E-state index in [0.717, 1.165) is 31.0 Å². The van der Waals surface area contributed by atoms with E-state index in [1.165, 1.54) is 11.3 Å². The normalized spacial score (nSPS) is 28.5. The van der Waals surface area contributed by atoms with E-state index in [4.69, 9.17) is 4.74 Å². The monoisotopic (exact) mass is 322 g/mol. The zero-order valence-electron chi connectivity index (χ0n) is 12.4. The molecule has 2 nitrogen and oxygen atoms in total. The Balaban J connectivity index is 1.70. The molecule has 1 saturated heterocycles. The maximum atomic E-state index is 12.8. The van der Waals surface area contributed by atoms with Gasteiger partial charge in [0.1, 0.15) is 11.5 Å². The molecular weight excluding hydrogens is 300 g/mol. The van der Waals surface area contributed by atoms with E-state index in [2.05, 4.69) is 13.0 Å². The molecule has 0 N–H and O–H groups in total. The minimum absolute atomic E-state index is 0.198. The molecule has 0 aliphatic carbocycles. The third-order valence-corrected chi connectivity index (χ3v) is 7.59. The van der Waals surface area contributed by atoms with Gasteiger partial charge in [0.25, 0.3) is 0 Å². The average Bonchev–Trinajstić information content (AvgIpc) is 2.55. The first-order valence-corrected chi connectivity index (χ1v) is 9.87. The van der Waals surface area contributed by atoms with Crippen molar-refractivity contribution in [1.82, 2.24) is 0 Å². The van der Waals surface area contributed by atoms with Gasteiger partial charge >= 0.3 is 0 Å². The number of benzene rings is 1. The van der Waals surface area contributed by atoms with Crippen LogP contribution in [0, 0.1) is 0 Å². The fraction of sp³-hybridized carbons (Fsp3) is 0.588. The summed E-state index contributed by atoms with van der Waals surface area (Å²) in [6, 6.07) is 8.19. The van der Waals surface area contributed by atoms with E-state index in [-0.39, 0.29) is 5.25 Å². The van der Waals surface area contributed by atoms with Crippen molar-refractivity contribution in [1.29, 1.82) is 0 Å². The summed E-state index contributed by atoms with van der Waals surface area (Å²) in [5.74, 6) is 4.06. The Hall–Kier alpha value is -0.610. The molecule has 0 amide bonds. The van der Waals surface area contributed by atoms with Gasteiger partial charge in [-0.15, -0.1) is 11.8 Å². The van der Waals surface area contributed by atoms with Crippen molar-refractivity contribution in [2.24, 2.45) is 0 Å². The van der Waals surface area contributed by atoms with Crippen molar-refractivity contribution in [3.63, 3.8) is 0 Å². The molecule has 0 aromatic heterocycles. The van der Waals surface area contributed by atoms with Gasteiger partial charge in [0.2, 0.25) is 0 Å². The second-order valence-corrected chi connectivity index (χ2v) is 8.25. The number of hydrogen-bond donors (Lipinski definition) is 0. The molecule has 3 rings (SSSR count). The number of carbonyl (C=O) groups excluding carboxylic acids is 1. The zero-order valence-corrected chi connectivity index (χ0v) is 14.1. The highest BCUT2D eigenvalue weighted by atomic mass is 32.2. The number of thioether (sulfide) groups is 2. The highest BCUT2D eigenvalue weighted by Gasteiger charge is 2.33. The number of ketones is 1. The topological polar surface area (TPSA) is 26.3 Å². The summed E-state index contributed by atoms with van der Waals surface area (Å²) in [6.45, 7) is 2.94. The van der Waals surface area contributed by atoms with Gasteiger partial charge in [-0.2, -0.15) is 11.8 Å². The Morgan fingerprint density at radius 3 is 2.95 bits per heavy atom. The smallest absolute Gasteiger partial charge is 0.147 e. The van der Waals surface area contributed by atoms with E-state index in [1.807, 2.05) is 41.7 Å². The molecule has 0 spiro atoms. The fourth-order valence-corrected chi connectivity index (χ4v) is 6.24. The second-order valence-electron chi connectivity index (χ2n) is 5.65. The molecule has 2 aliphatic heterocycles. The third kappa shape index (κ3) is 3.42. The Morgan fingerprint density at radius 1 is 1.29 bits per heavy atom. The number of rotatable bonds is 4. The van der Waals surface area contributed by atoms with E-state index in [9.17, 15) is 4.79 Å². The van der Waals surface area contributed by atoms with Crippen LogP contribution in [-0.4, -0.2) is 34.4 Å². The Bertz CT molecular complexity index is 503. The minimum atomic E-state index is 0.198. The molecule has 21 heavy (non-hydrogen) atoms. The lowest BCUT2D eigenvalue weighted by Crippen LogP contribution is -2.34. The molecule has 2 aliphatic rings. The van der Waals surface area contributed by atoms with Crippen LogP contribution in [0.25, 0.3) is 0 Å². The van der Waals surface area contributed by atoms with Crippen molar-refractivity contribution >= 4 is 29.3 Å². The van der Waals surface area contributed by atoms with Crippen LogP contribution in [0.2, 0.25) is 0 Å². The van der Waals surface area contributed by atoms with Crippen LogP contribution >= 0.6 is 23.5 Å². The number of hydrogen-bond acceptors (Lipinski definition) is 4. The van der Waals surface area contributed by atoms with Crippen LogP contribution in [0.4, 0.5) is 0 Å². The summed E-state index contributed by atoms with van der Waals surface area (Å²) >= 11 is 3.85. The molecule has 0 radical (unpaired) electrons. The first kappa shape index (κ1) is 15.3. The van der Waals surface area contributed by atoms with Crippen LogP contribution in [0.1, 0.15) is 37.7 Å². The summed E-state index contributed by atoms with van der Waals surface area (Å²) in [6.07, 6.45) is 2.73. The standard InChI is InChI=1S/C17H22O2S2/c1-2-16-17(21-10-9-20-16)14(18)11-12-7-8-19-15-6-4-3-5-13(12)15/h3-6,12,16-17H,2,7-11H2,1H3. The number of ether oxygens (including phenoxy) is 1. The molecular formula is C17H22O2S2.